The Bertz CT molecular complexity index is 357. The maximum Gasteiger partial charge on any atom is 0.256 e. The average Bonchev–Trinajstić information content (AvgIpc) is 2.62. The summed E-state index contributed by atoms with van der Waals surface area (Å²) in [5.74, 6) is 0.442. The molecule has 0 spiro atoms. The van der Waals surface area contributed by atoms with Crippen molar-refractivity contribution in [2.45, 2.75) is 25.0 Å². The predicted molar refractivity (Wildman–Crippen MR) is 54.6 cm³/mol. The van der Waals surface area contributed by atoms with Crippen LogP contribution in [0.25, 0.3) is 0 Å². The Morgan fingerprint density at radius 3 is 3.00 bits per heavy atom. The molecule has 0 saturated heterocycles. The van der Waals surface area contributed by atoms with Gasteiger partial charge in [-0.2, -0.15) is 5.10 Å². The summed E-state index contributed by atoms with van der Waals surface area (Å²) in [4.78, 5) is 11.7. The van der Waals surface area contributed by atoms with Crippen LogP contribution in [-0.4, -0.2) is 40.4 Å². The SMILES string of the molecule is CNc1[nH]ncc1C(=O)N[C@H]1C[C@H](O)C1. The van der Waals surface area contributed by atoms with Crippen LogP contribution in [0.15, 0.2) is 6.20 Å². The Balaban J connectivity index is 1.96. The fraction of sp³-hybridized carbons (Fsp3) is 0.556. The number of nitrogens with zero attached hydrogens (tertiary/aromatic N) is 1. The van der Waals surface area contributed by atoms with Crippen LogP contribution in [0.2, 0.25) is 0 Å². The topological polar surface area (TPSA) is 90.0 Å². The fourth-order valence-corrected chi connectivity index (χ4v) is 1.62. The van der Waals surface area contributed by atoms with Crippen LogP contribution in [0.5, 0.6) is 0 Å². The molecule has 1 aromatic heterocycles. The summed E-state index contributed by atoms with van der Waals surface area (Å²) in [6.07, 6.45) is 2.50. The monoisotopic (exact) mass is 210 g/mol. The molecule has 1 fully saturated rings. The Hall–Kier alpha value is -1.56. The molecular formula is C9H14N4O2. The van der Waals surface area contributed by atoms with E-state index in [0.717, 1.165) is 0 Å². The highest BCUT2D eigenvalue weighted by Crippen LogP contribution is 2.20. The van der Waals surface area contributed by atoms with Gasteiger partial charge in [0.15, 0.2) is 0 Å². The maximum atomic E-state index is 11.7. The second kappa shape index (κ2) is 3.90. The first-order valence-electron chi connectivity index (χ1n) is 4.90. The zero-order chi connectivity index (χ0) is 10.8. The highest BCUT2D eigenvalue weighted by Gasteiger charge is 2.29. The molecule has 1 amide bonds. The van der Waals surface area contributed by atoms with Gasteiger partial charge in [0.05, 0.1) is 12.3 Å². The molecule has 1 aliphatic rings. The number of nitrogens with one attached hydrogen (secondary N) is 3. The lowest BCUT2D eigenvalue weighted by Gasteiger charge is -2.31. The Kier molecular flexibility index (Phi) is 2.59. The molecule has 0 unspecified atom stereocenters. The maximum absolute atomic E-state index is 11.7. The number of hydrogen-bond acceptors (Lipinski definition) is 4. The molecule has 0 aromatic carbocycles. The van der Waals surface area contributed by atoms with Gasteiger partial charge in [-0.1, -0.05) is 0 Å². The molecule has 6 nitrogen and oxygen atoms in total. The number of anilines is 1. The Morgan fingerprint density at radius 2 is 2.40 bits per heavy atom. The number of H-pyrrole nitrogens is 1. The van der Waals surface area contributed by atoms with Crippen LogP contribution in [-0.2, 0) is 0 Å². The van der Waals surface area contributed by atoms with Gasteiger partial charge in [0, 0.05) is 13.1 Å². The number of carbonyl (C=O) groups excluding carboxylic acids is 1. The predicted octanol–water partition coefficient (Wildman–Crippen LogP) is -0.296. The van der Waals surface area contributed by atoms with Gasteiger partial charge in [-0.05, 0) is 12.8 Å². The van der Waals surface area contributed by atoms with E-state index in [1.807, 2.05) is 0 Å². The lowest BCUT2D eigenvalue weighted by Crippen LogP contribution is -2.46. The van der Waals surface area contributed by atoms with E-state index >= 15 is 0 Å². The van der Waals surface area contributed by atoms with Crippen LogP contribution in [0.4, 0.5) is 5.82 Å². The van der Waals surface area contributed by atoms with E-state index in [-0.39, 0.29) is 18.1 Å². The molecule has 4 N–H and O–H groups in total. The van der Waals surface area contributed by atoms with Crippen LogP contribution < -0.4 is 10.6 Å². The van der Waals surface area contributed by atoms with Crippen molar-refractivity contribution in [3.63, 3.8) is 0 Å². The van der Waals surface area contributed by atoms with Crippen LogP contribution in [0.3, 0.4) is 0 Å². The first-order chi connectivity index (χ1) is 7.20. The third-order valence-corrected chi connectivity index (χ3v) is 2.58. The molecule has 1 saturated carbocycles. The van der Waals surface area contributed by atoms with Crippen molar-refractivity contribution in [3.8, 4) is 0 Å². The number of aromatic nitrogens is 2. The van der Waals surface area contributed by atoms with Gasteiger partial charge in [0.25, 0.3) is 5.91 Å². The number of aliphatic hydroxyl groups excluding tert-OH is 1. The van der Waals surface area contributed by atoms with Crippen molar-refractivity contribution >= 4 is 11.7 Å². The summed E-state index contributed by atoms with van der Waals surface area (Å²) in [6.45, 7) is 0. The highest BCUT2D eigenvalue weighted by molar-refractivity contribution is 5.98. The summed E-state index contributed by atoms with van der Waals surface area (Å²) >= 11 is 0. The first-order valence-corrected chi connectivity index (χ1v) is 4.90. The van der Waals surface area contributed by atoms with E-state index in [1.54, 1.807) is 7.05 Å². The Labute approximate surface area is 87.1 Å². The van der Waals surface area contributed by atoms with Gasteiger partial charge in [0.1, 0.15) is 11.4 Å². The summed E-state index contributed by atoms with van der Waals surface area (Å²) in [7, 11) is 1.72. The molecule has 82 valence electrons. The zero-order valence-electron chi connectivity index (χ0n) is 8.45. The number of aliphatic hydroxyl groups is 1. The molecule has 1 aliphatic carbocycles. The standard InChI is InChI=1S/C9H14N4O2/c1-10-8-7(4-11-13-8)9(15)12-5-2-6(14)3-5/h4-6,14H,2-3H2,1H3,(H,12,15)(H2,10,11,13)/t5-,6-. The molecule has 6 heteroatoms. The van der Waals surface area contributed by atoms with E-state index in [9.17, 15) is 4.79 Å². The van der Waals surface area contributed by atoms with Crippen LogP contribution in [0, 0.1) is 0 Å². The largest absolute Gasteiger partial charge is 0.393 e. The third-order valence-electron chi connectivity index (χ3n) is 2.58. The molecule has 0 atom stereocenters. The molecule has 1 heterocycles. The van der Waals surface area contributed by atoms with Crippen molar-refractivity contribution < 1.29 is 9.90 Å². The van der Waals surface area contributed by atoms with Crippen molar-refractivity contribution in [1.82, 2.24) is 15.5 Å². The van der Waals surface area contributed by atoms with Gasteiger partial charge < -0.3 is 15.7 Å². The molecular weight excluding hydrogens is 196 g/mol. The van der Waals surface area contributed by atoms with E-state index in [4.69, 9.17) is 5.11 Å². The second-order valence-corrected chi connectivity index (χ2v) is 3.70. The number of aromatic amines is 1. The van der Waals surface area contributed by atoms with E-state index in [0.29, 0.717) is 24.2 Å². The van der Waals surface area contributed by atoms with Gasteiger partial charge in [-0.25, -0.2) is 0 Å². The molecule has 15 heavy (non-hydrogen) atoms. The van der Waals surface area contributed by atoms with E-state index in [1.165, 1.54) is 6.20 Å². The molecule has 0 aliphatic heterocycles. The average molecular weight is 210 g/mol. The van der Waals surface area contributed by atoms with Crippen LogP contribution in [0.1, 0.15) is 23.2 Å². The minimum atomic E-state index is -0.261. The summed E-state index contributed by atoms with van der Waals surface area (Å²) in [6, 6.07) is 0.0899. The summed E-state index contributed by atoms with van der Waals surface area (Å²) in [5.41, 5.74) is 0.499. The Morgan fingerprint density at radius 1 is 1.67 bits per heavy atom. The number of carbonyl (C=O) groups is 1. The van der Waals surface area contributed by atoms with Gasteiger partial charge in [-0.15, -0.1) is 0 Å². The summed E-state index contributed by atoms with van der Waals surface area (Å²) in [5, 5.41) is 21.2. The lowest BCUT2D eigenvalue weighted by atomic mass is 9.89. The smallest absolute Gasteiger partial charge is 0.256 e. The number of amides is 1. The second-order valence-electron chi connectivity index (χ2n) is 3.70. The minimum absolute atomic E-state index is 0.0899. The molecule has 1 aromatic rings. The number of hydrogen-bond donors (Lipinski definition) is 4. The fourth-order valence-electron chi connectivity index (χ4n) is 1.62. The van der Waals surface area contributed by atoms with E-state index < -0.39 is 0 Å². The van der Waals surface area contributed by atoms with Crippen LogP contribution >= 0.6 is 0 Å². The molecule has 2 rings (SSSR count). The van der Waals surface area contributed by atoms with Gasteiger partial charge >= 0.3 is 0 Å². The first kappa shape index (κ1) is 9.97. The van der Waals surface area contributed by atoms with Crippen molar-refractivity contribution in [2.24, 2.45) is 0 Å². The molecule has 0 bridgehead atoms. The molecule has 0 radical (unpaired) electrons. The van der Waals surface area contributed by atoms with Gasteiger partial charge in [-0.3, -0.25) is 9.89 Å². The van der Waals surface area contributed by atoms with Crippen molar-refractivity contribution in [1.29, 1.82) is 0 Å². The normalized spacial score (nSPS) is 24.4. The van der Waals surface area contributed by atoms with Gasteiger partial charge in [0.2, 0.25) is 0 Å². The van der Waals surface area contributed by atoms with Crippen molar-refractivity contribution in [3.05, 3.63) is 11.8 Å². The quantitative estimate of drug-likeness (QED) is 0.551. The third kappa shape index (κ3) is 1.94. The lowest BCUT2D eigenvalue weighted by molar-refractivity contribution is 0.0563. The number of rotatable bonds is 3. The minimum Gasteiger partial charge on any atom is -0.393 e. The van der Waals surface area contributed by atoms with Crippen molar-refractivity contribution in [2.75, 3.05) is 12.4 Å². The van der Waals surface area contributed by atoms with E-state index in [2.05, 4.69) is 20.8 Å². The highest BCUT2D eigenvalue weighted by atomic mass is 16.3. The summed E-state index contributed by atoms with van der Waals surface area (Å²) < 4.78 is 0. The zero-order valence-corrected chi connectivity index (χ0v) is 8.45.